The van der Waals surface area contributed by atoms with Gasteiger partial charge in [0.05, 0.1) is 16.6 Å². The summed E-state index contributed by atoms with van der Waals surface area (Å²) in [5, 5.41) is 13.4. The molecule has 8 heteroatoms. The van der Waals surface area contributed by atoms with Gasteiger partial charge in [0.2, 0.25) is 0 Å². The van der Waals surface area contributed by atoms with E-state index in [4.69, 9.17) is 5.11 Å². The zero-order valence-electron chi connectivity index (χ0n) is 10.9. The Morgan fingerprint density at radius 3 is 2.80 bits per heavy atom. The summed E-state index contributed by atoms with van der Waals surface area (Å²) in [4.78, 5) is 31.5. The monoisotopic (exact) mass is 273 g/mol. The predicted octanol–water partition coefficient (Wildman–Crippen LogP) is 0.141. The number of fused-ring (bicyclic) bond motifs is 3. The predicted molar refractivity (Wildman–Crippen MR) is 69.7 cm³/mol. The molecule has 3 heterocycles. The Balaban J connectivity index is 2.43. The highest BCUT2D eigenvalue weighted by Gasteiger charge is 2.14. The highest BCUT2D eigenvalue weighted by molar-refractivity contribution is 5.82. The first-order chi connectivity index (χ1) is 9.47. The van der Waals surface area contributed by atoms with E-state index in [1.165, 1.54) is 10.7 Å². The molecule has 0 fully saturated rings. The summed E-state index contributed by atoms with van der Waals surface area (Å²) in [6.45, 7) is 3.04. The van der Waals surface area contributed by atoms with E-state index >= 15 is 0 Å². The van der Waals surface area contributed by atoms with Crippen LogP contribution in [0.2, 0.25) is 0 Å². The number of carboxylic acids is 1. The highest BCUT2D eigenvalue weighted by Crippen LogP contribution is 2.14. The van der Waals surface area contributed by atoms with Crippen LogP contribution in [-0.2, 0) is 11.3 Å². The number of carboxylic acid groups (broad SMARTS) is 1. The van der Waals surface area contributed by atoms with Crippen molar-refractivity contribution in [2.24, 2.45) is 0 Å². The smallest absolute Gasteiger partial charge is 0.323 e. The first kappa shape index (κ1) is 12.3. The van der Waals surface area contributed by atoms with Gasteiger partial charge in [0.15, 0.2) is 0 Å². The SMILES string of the molecule is Cc1nc2nc(C)c3c(=O)n(CC(=O)O)ccc3n2n1. The maximum Gasteiger partial charge on any atom is 0.323 e. The van der Waals surface area contributed by atoms with Crippen LogP contribution < -0.4 is 5.56 Å². The molecular formula is C12H11N5O3. The van der Waals surface area contributed by atoms with Gasteiger partial charge >= 0.3 is 5.97 Å². The third kappa shape index (κ3) is 1.73. The molecule has 8 nitrogen and oxygen atoms in total. The lowest BCUT2D eigenvalue weighted by Gasteiger charge is -2.07. The fourth-order valence-corrected chi connectivity index (χ4v) is 2.20. The van der Waals surface area contributed by atoms with Crippen LogP contribution in [0.1, 0.15) is 11.5 Å². The lowest BCUT2D eigenvalue weighted by atomic mass is 10.2. The first-order valence-corrected chi connectivity index (χ1v) is 5.92. The van der Waals surface area contributed by atoms with Crippen molar-refractivity contribution in [1.82, 2.24) is 24.1 Å². The van der Waals surface area contributed by atoms with E-state index in [1.54, 1.807) is 19.9 Å². The number of hydrogen-bond acceptors (Lipinski definition) is 5. The highest BCUT2D eigenvalue weighted by atomic mass is 16.4. The molecule has 0 amide bonds. The van der Waals surface area contributed by atoms with Crippen molar-refractivity contribution in [3.63, 3.8) is 0 Å². The average Bonchev–Trinajstić information content (AvgIpc) is 2.72. The van der Waals surface area contributed by atoms with Crippen LogP contribution in [0, 0.1) is 13.8 Å². The molecule has 0 aliphatic rings. The molecular weight excluding hydrogens is 262 g/mol. The van der Waals surface area contributed by atoms with E-state index in [0.29, 0.717) is 28.2 Å². The second-order valence-corrected chi connectivity index (χ2v) is 4.47. The van der Waals surface area contributed by atoms with Crippen molar-refractivity contribution < 1.29 is 9.90 Å². The minimum Gasteiger partial charge on any atom is -0.480 e. The van der Waals surface area contributed by atoms with Crippen molar-refractivity contribution in [3.05, 3.63) is 34.1 Å². The normalized spacial score (nSPS) is 11.3. The number of aryl methyl sites for hydroxylation is 2. The zero-order chi connectivity index (χ0) is 14.4. The van der Waals surface area contributed by atoms with Crippen LogP contribution in [-0.4, -0.2) is 35.2 Å². The van der Waals surface area contributed by atoms with Crippen LogP contribution in [0.4, 0.5) is 0 Å². The molecule has 0 aromatic carbocycles. The van der Waals surface area contributed by atoms with Gasteiger partial charge in [-0.15, -0.1) is 5.10 Å². The van der Waals surface area contributed by atoms with E-state index in [1.807, 2.05) is 0 Å². The van der Waals surface area contributed by atoms with Crippen LogP contribution in [0.3, 0.4) is 0 Å². The first-order valence-electron chi connectivity index (χ1n) is 5.92. The van der Waals surface area contributed by atoms with Crippen molar-refractivity contribution >= 4 is 22.6 Å². The third-order valence-electron chi connectivity index (χ3n) is 3.00. The number of nitrogens with zero attached hydrogens (tertiary/aromatic N) is 5. The maximum atomic E-state index is 12.3. The van der Waals surface area contributed by atoms with Crippen LogP contribution in [0.5, 0.6) is 0 Å². The van der Waals surface area contributed by atoms with E-state index in [2.05, 4.69) is 15.1 Å². The Bertz CT molecular complexity index is 909. The number of carbonyl (C=O) groups is 1. The molecule has 0 aliphatic heterocycles. The third-order valence-corrected chi connectivity index (χ3v) is 3.00. The fourth-order valence-electron chi connectivity index (χ4n) is 2.20. The second-order valence-electron chi connectivity index (χ2n) is 4.47. The molecule has 0 spiro atoms. The summed E-state index contributed by atoms with van der Waals surface area (Å²) in [7, 11) is 0. The number of aromatic nitrogens is 5. The van der Waals surface area contributed by atoms with Crippen LogP contribution >= 0.6 is 0 Å². The van der Waals surface area contributed by atoms with Crippen molar-refractivity contribution in [2.75, 3.05) is 0 Å². The summed E-state index contributed by atoms with van der Waals surface area (Å²) < 4.78 is 2.62. The van der Waals surface area contributed by atoms with Crippen LogP contribution in [0.15, 0.2) is 17.1 Å². The quantitative estimate of drug-likeness (QED) is 0.712. The van der Waals surface area contributed by atoms with Crippen molar-refractivity contribution in [3.8, 4) is 0 Å². The molecule has 3 rings (SSSR count). The van der Waals surface area contributed by atoms with E-state index in [-0.39, 0.29) is 6.54 Å². The fraction of sp³-hybridized carbons (Fsp3) is 0.250. The molecule has 0 atom stereocenters. The van der Waals surface area contributed by atoms with Gasteiger partial charge in [0.25, 0.3) is 11.3 Å². The van der Waals surface area contributed by atoms with Gasteiger partial charge < -0.3 is 9.67 Å². The Labute approximate surface area is 112 Å². The molecule has 0 saturated heterocycles. The van der Waals surface area contributed by atoms with Crippen LogP contribution in [0.25, 0.3) is 16.7 Å². The van der Waals surface area contributed by atoms with Gasteiger partial charge in [-0.3, -0.25) is 9.59 Å². The molecule has 0 saturated carbocycles. The standard InChI is InChI=1S/C12H11N5O3/c1-6-10-8(17-12(13-6)14-7(2)15-17)3-4-16(11(10)20)5-9(18)19/h3-4H,5H2,1-2H3,(H,18,19). The van der Waals surface area contributed by atoms with Gasteiger partial charge in [0.1, 0.15) is 12.4 Å². The number of pyridine rings is 1. The van der Waals surface area contributed by atoms with Gasteiger partial charge in [-0.05, 0) is 19.9 Å². The summed E-state index contributed by atoms with van der Waals surface area (Å²) >= 11 is 0. The van der Waals surface area contributed by atoms with Gasteiger partial charge in [0, 0.05) is 6.20 Å². The Morgan fingerprint density at radius 1 is 1.35 bits per heavy atom. The summed E-state index contributed by atoms with van der Waals surface area (Å²) in [5.41, 5.74) is 0.675. The molecule has 0 unspecified atom stereocenters. The van der Waals surface area contributed by atoms with E-state index in [0.717, 1.165) is 4.57 Å². The van der Waals surface area contributed by atoms with Gasteiger partial charge in [-0.2, -0.15) is 9.50 Å². The zero-order valence-corrected chi connectivity index (χ0v) is 10.9. The summed E-state index contributed by atoms with van der Waals surface area (Å²) in [5.74, 6) is -0.100. The van der Waals surface area contributed by atoms with Gasteiger partial charge in [-0.25, -0.2) is 4.98 Å². The minimum absolute atomic E-state index is 0.353. The van der Waals surface area contributed by atoms with E-state index < -0.39 is 11.5 Å². The molecule has 3 aromatic rings. The lowest BCUT2D eigenvalue weighted by Crippen LogP contribution is -2.24. The molecule has 0 aliphatic carbocycles. The molecule has 102 valence electrons. The number of hydrogen-bond donors (Lipinski definition) is 1. The Kier molecular flexibility index (Phi) is 2.53. The van der Waals surface area contributed by atoms with Gasteiger partial charge in [-0.1, -0.05) is 0 Å². The minimum atomic E-state index is -1.07. The summed E-state index contributed by atoms with van der Waals surface area (Å²) in [6, 6.07) is 1.65. The molecule has 0 bridgehead atoms. The maximum absolute atomic E-state index is 12.3. The van der Waals surface area contributed by atoms with Crippen molar-refractivity contribution in [1.29, 1.82) is 0 Å². The topological polar surface area (TPSA) is 102 Å². The second kappa shape index (κ2) is 4.12. The lowest BCUT2D eigenvalue weighted by molar-refractivity contribution is -0.137. The van der Waals surface area contributed by atoms with E-state index in [9.17, 15) is 9.59 Å². The average molecular weight is 273 g/mol. The Morgan fingerprint density at radius 2 is 2.10 bits per heavy atom. The number of aliphatic carboxylic acids is 1. The molecule has 3 aromatic heterocycles. The molecule has 20 heavy (non-hydrogen) atoms. The molecule has 0 radical (unpaired) electrons. The van der Waals surface area contributed by atoms with Crippen molar-refractivity contribution in [2.45, 2.75) is 20.4 Å². The summed E-state index contributed by atoms with van der Waals surface area (Å²) in [6.07, 6.45) is 1.44. The Hall–Kier alpha value is -2.77. The largest absolute Gasteiger partial charge is 0.480 e. The number of rotatable bonds is 2. The molecule has 1 N–H and O–H groups in total.